The Morgan fingerprint density at radius 1 is 0.733 bits per heavy atom. The van der Waals surface area contributed by atoms with Crippen LogP contribution in [0.4, 0.5) is 11.4 Å². The molecular weight excluding hydrogens is 893 g/mol. The number of allylic oxidation sites excluding steroid dienone is 6. The van der Waals surface area contributed by atoms with Crippen LogP contribution in [0.3, 0.4) is 0 Å². The van der Waals surface area contributed by atoms with Crippen molar-refractivity contribution in [3.05, 3.63) is 89.7 Å². The minimum atomic E-state index is -5.04. The molecule has 0 amide bonds. The van der Waals surface area contributed by atoms with Gasteiger partial charge in [0.2, 0.25) is 5.69 Å². The summed E-state index contributed by atoms with van der Waals surface area (Å²) < 4.78 is 176. The van der Waals surface area contributed by atoms with E-state index < -0.39 is 88.5 Å². The van der Waals surface area contributed by atoms with E-state index in [1.54, 1.807) is 35.5 Å². The fourth-order valence-electron chi connectivity index (χ4n) is 7.83. The molecule has 0 saturated carbocycles. The zero-order chi connectivity index (χ0) is 44.9. The molecular formula is C36H41N2O17S5+. The van der Waals surface area contributed by atoms with Gasteiger partial charge in [-0.3, -0.25) is 27.6 Å². The zero-order valence-electron chi connectivity index (χ0n) is 32.0. The Hall–Kier alpha value is -4.37. The molecule has 0 radical (unpaired) electrons. The zero-order valence-corrected chi connectivity index (χ0v) is 36.1. The van der Waals surface area contributed by atoms with Crippen molar-refractivity contribution in [2.45, 2.75) is 54.2 Å². The van der Waals surface area contributed by atoms with Crippen molar-refractivity contribution in [1.29, 1.82) is 0 Å². The van der Waals surface area contributed by atoms with E-state index in [9.17, 15) is 69.6 Å². The number of fused-ring (bicyclic) bond motifs is 4. The maximum atomic E-state index is 12.4. The molecule has 0 fully saturated rings. The van der Waals surface area contributed by atoms with Gasteiger partial charge in [-0.1, -0.05) is 18.2 Å². The van der Waals surface area contributed by atoms with Gasteiger partial charge in [0, 0.05) is 47.4 Å². The van der Waals surface area contributed by atoms with Crippen LogP contribution in [0, 0.1) is 0 Å². The molecule has 0 bridgehead atoms. The third-order valence-electron chi connectivity index (χ3n) is 10.1. The molecule has 1 atom stereocenters. The summed E-state index contributed by atoms with van der Waals surface area (Å²) in [5.74, 6) is -2.06. The highest BCUT2D eigenvalue weighted by Crippen LogP contribution is 2.50. The third kappa shape index (κ3) is 10.2. The van der Waals surface area contributed by atoms with Crippen LogP contribution in [0.5, 0.6) is 5.75 Å². The molecule has 0 spiro atoms. The number of hydrogen-bond acceptors (Lipinski definition) is 13. The standard InChI is InChI=1S/C36H40N2O17S5/c1-35(2)32(38(16-8-18-57(43,44)45)30-14-12-26-27(34(30)35)20-25(59(49,50)51)21-31(26)60(52,53)54)9-5-4-6-10-33-36(3,22-58(46,47)48)28-19-24(55-23-39)11-13-29(28)37(33)15-7-17-56(40,41)42/h4-6,9-14,19-21,23H,7-8,15-18,22H2,1-3H3,(H4-,40,41,42,43,44,45,46,47,48,49,50,51,52,53,54)/p+1. The summed E-state index contributed by atoms with van der Waals surface area (Å²) in [6, 6.07) is 8.82. The van der Waals surface area contributed by atoms with Crippen molar-refractivity contribution in [2.75, 3.05) is 35.2 Å². The quantitative estimate of drug-likeness (QED) is 0.0560. The van der Waals surface area contributed by atoms with Crippen LogP contribution < -0.4 is 9.64 Å². The number of anilines is 1. The van der Waals surface area contributed by atoms with Crippen LogP contribution >= 0.6 is 0 Å². The van der Waals surface area contributed by atoms with Crippen LogP contribution in [0.2, 0.25) is 0 Å². The molecule has 2 aliphatic rings. The van der Waals surface area contributed by atoms with E-state index in [2.05, 4.69) is 0 Å². The van der Waals surface area contributed by atoms with Gasteiger partial charge in [-0.25, -0.2) is 0 Å². The maximum Gasteiger partial charge on any atom is 0.298 e. The predicted octanol–water partition coefficient (Wildman–Crippen LogP) is 3.46. The van der Waals surface area contributed by atoms with E-state index in [0.29, 0.717) is 34.3 Å². The molecule has 0 aromatic heterocycles. The molecule has 0 aliphatic carbocycles. The van der Waals surface area contributed by atoms with Crippen LogP contribution in [-0.2, 0) is 66.2 Å². The Balaban J connectivity index is 1.65. The molecule has 3 aromatic carbocycles. The molecule has 326 valence electrons. The third-order valence-corrected chi connectivity index (χ3v) is 14.4. The molecule has 19 nitrogen and oxygen atoms in total. The number of nitrogens with zero attached hydrogens (tertiary/aromatic N) is 2. The first-order valence-electron chi connectivity index (χ1n) is 17.6. The van der Waals surface area contributed by atoms with E-state index in [0.717, 1.165) is 6.07 Å². The van der Waals surface area contributed by atoms with E-state index in [1.807, 2.05) is 0 Å². The van der Waals surface area contributed by atoms with Gasteiger partial charge >= 0.3 is 0 Å². The lowest BCUT2D eigenvalue weighted by atomic mass is 9.79. The van der Waals surface area contributed by atoms with E-state index in [-0.39, 0.29) is 54.6 Å². The molecule has 60 heavy (non-hydrogen) atoms. The van der Waals surface area contributed by atoms with Crippen molar-refractivity contribution in [3.63, 3.8) is 0 Å². The van der Waals surface area contributed by atoms with Gasteiger partial charge in [0.15, 0.2) is 5.71 Å². The van der Waals surface area contributed by atoms with Crippen molar-refractivity contribution in [3.8, 4) is 5.75 Å². The minimum Gasteiger partial charge on any atom is -0.429 e. The van der Waals surface area contributed by atoms with E-state index in [4.69, 9.17) is 4.74 Å². The Labute approximate surface area is 347 Å². The van der Waals surface area contributed by atoms with Gasteiger partial charge in [-0.2, -0.15) is 46.7 Å². The highest BCUT2D eigenvalue weighted by molar-refractivity contribution is 7.87. The fourth-order valence-corrected chi connectivity index (χ4v) is 11.2. The Bertz CT molecular complexity index is 2970. The lowest BCUT2D eigenvalue weighted by molar-refractivity contribution is -0.437. The van der Waals surface area contributed by atoms with E-state index >= 15 is 0 Å². The van der Waals surface area contributed by atoms with Gasteiger partial charge in [0.25, 0.3) is 57.1 Å². The van der Waals surface area contributed by atoms with Crippen LogP contribution in [0.1, 0.15) is 44.7 Å². The number of hydrogen-bond donors (Lipinski definition) is 5. The molecule has 0 saturated heterocycles. The molecule has 5 rings (SSSR count). The molecule has 2 heterocycles. The van der Waals surface area contributed by atoms with Gasteiger partial charge in [-0.05, 0) is 80.6 Å². The average Bonchev–Trinajstić information content (AvgIpc) is 3.43. The normalized spacial score (nSPS) is 19.2. The number of benzene rings is 3. The number of rotatable bonds is 17. The Kier molecular flexibility index (Phi) is 12.8. The smallest absolute Gasteiger partial charge is 0.298 e. The summed E-state index contributed by atoms with van der Waals surface area (Å²) in [5, 5.41) is -0.0544. The largest absolute Gasteiger partial charge is 0.429 e. The molecule has 3 aromatic rings. The fraction of sp³-hybridized carbons (Fsp3) is 0.333. The SMILES string of the molecule is CC1(C)C(/C=C/C=C/C=C2/N(CCCS(=O)(=O)O)c3ccc(OC=O)cc3C2(C)CS(=O)(=O)O)=[N+](CCCS(=O)(=O)O)c2ccc3c(S(=O)(=O)O)cc(S(=O)(=O)O)cc3c21. The first-order valence-corrected chi connectivity index (χ1v) is 25.3. The second-order valence-corrected chi connectivity index (χ2v) is 22.2. The highest BCUT2D eigenvalue weighted by Gasteiger charge is 2.47. The molecule has 1 unspecified atom stereocenters. The highest BCUT2D eigenvalue weighted by atomic mass is 32.2. The number of ether oxygens (including phenoxy) is 1. The topological polar surface area (TPSA) is 304 Å². The van der Waals surface area contributed by atoms with Crippen LogP contribution in [0.25, 0.3) is 10.8 Å². The predicted molar refractivity (Wildman–Crippen MR) is 219 cm³/mol. The monoisotopic (exact) mass is 933 g/mol. The molecule has 2 aliphatic heterocycles. The van der Waals surface area contributed by atoms with Crippen LogP contribution in [-0.4, -0.2) is 112 Å². The second-order valence-electron chi connectivity index (χ2n) is 14.8. The van der Waals surface area contributed by atoms with Crippen molar-refractivity contribution in [2.24, 2.45) is 0 Å². The Morgan fingerprint density at radius 3 is 1.97 bits per heavy atom. The summed E-state index contributed by atoms with van der Waals surface area (Å²) in [5.41, 5.74) is -0.478. The second kappa shape index (κ2) is 16.5. The van der Waals surface area contributed by atoms with Gasteiger partial charge in [0.05, 0.1) is 33.0 Å². The summed E-state index contributed by atoms with van der Waals surface area (Å²) >= 11 is 0. The first-order chi connectivity index (χ1) is 27.5. The summed E-state index contributed by atoms with van der Waals surface area (Å²) in [6.07, 6.45) is 7.48. The summed E-state index contributed by atoms with van der Waals surface area (Å²) in [4.78, 5) is 11.1. The summed E-state index contributed by atoms with van der Waals surface area (Å²) in [7, 11) is -23.5. The van der Waals surface area contributed by atoms with E-state index in [1.165, 1.54) is 55.5 Å². The van der Waals surface area contributed by atoms with Crippen molar-refractivity contribution < 1.29 is 79.0 Å². The lowest BCUT2D eigenvalue weighted by Crippen LogP contribution is -2.35. The van der Waals surface area contributed by atoms with Gasteiger partial charge < -0.3 is 9.64 Å². The van der Waals surface area contributed by atoms with Crippen molar-refractivity contribution >= 4 is 84.9 Å². The van der Waals surface area contributed by atoms with Gasteiger partial charge in [0.1, 0.15) is 17.2 Å². The number of carbonyl (C=O) groups is 1. The van der Waals surface area contributed by atoms with Crippen LogP contribution in [0.15, 0.2) is 88.3 Å². The summed E-state index contributed by atoms with van der Waals surface area (Å²) in [6.45, 7) is 5.00. The van der Waals surface area contributed by atoms with Gasteiger partial charge in [-0.15, -0.1) is 0 Å². The Morgan fingerprint density at radius 2 is 1.38 bits per heavy atom. The first kappa shape index (κ1) is 46.7. The average molecular weight is 934 g/mol. The molecule has 24 heteroatoms. The number of carbonyl (C=O) groups excluding carboxylic acids is 1. The maximum absolute atomic E-state index is 12.4. The minimum absolute atomic E-state index is 0.0263. The lowest BCUT2D eigenvalue weighted by Gasteiger charge is -2.29. The van der Waals surface area contributed by atoms with Crippen molar-refractivity contribution in [1.82, 2.24) is 0 Å². The molecule has 5 N–H and O–H groups in total.